The van der Waals surface area contributed by atoms with Crippen molar-refractivity contribution in [3.8, 4) is 5.75 Å². The molecule has 0 aliphatic rings. The molecular weight excluding hydrogens is 194 g/mol. The van der Waals surface area contributed by atoms with Crippen molar-refractivity contribution < 1.29 is 14.3 Å². The fourth-order valence-corrected chi connectivity index (χ4v) is 1.27. The summed E-state index contributed by atoms with van der Waals surface area (Å²) in [5.41, 5.74) is 1.50. The van der Waals surface area contributed by atoms with Gasteiger partial charge in [-0.3, -0.25) is 9.78 Å². The van der Waals surface area contributed by atoms with Crippen molar-refractivity contribution in [1.29, 1.82) is 0 Å². The molecule has 15 heavy (non-hydrogen) atoms. The summed E-state index contributed by atoms with van der Waals surface area (Å²) in [6.07, 6.45) is 0.186. The summed E-state index contributed by atoms with van der Waals surface area (Å²) >= 11 is 0. The largest absolute Gasteiger partial charge is 0.497 e. The van der Waals surface area contributed by atoms with Crippen LogP contribution in [0.5, 0.6) is 5.75 Å². The number of aryl methyl sites for hydroxylation is 1. The van der Waals surface area contributed by atoms with Gasteiger partial charge in [0, 0.05) is 17.8 Å². The van der Waals surface area contributed by atoms with Gasteiger partial charge in [0.1, 0.15) is 5.75 Å². The molecule has 82 valence electrons. The summed E-state index contributed by atoms with van der Waals surface area (Å²) < 4.78 is 9.92. The van der Waals surface area contributed by atoms with Crippen LogP contribution in [0.15, 0.2) is 12.1 Å². The van der Waals surface area contributed by atoms with E-state index in [9.17, 15) is 4.79 Å². The second-order valence-electron chi connectivity index (χ2n) is 3.12. The van der Waals surface area contributed by atoms with Gasteiger partial charge in [-0.05, 0) is 13.8 Å². The molecule has 0 amide bonds. The number of hydrogen-bond donors (Lipinski definition) is 0. The zero-order valence-electron chi connectivity index (χ0n) is 9.24. The fourth-order valence-electron chi connectivity index (χ4n) is 1.27. The van der Waals surface area contributed by atoms with Crippen LogP contribution in [0.1, 0.15) is 18.3 Å². The van der Waals surface area contributed by atoms with Crippen molar-refractivity contribution in [2.45, 2.75) is 20.3 Å². The van der Waals surface area contributed by atoms with Crippen LogP contribution in [0.2, 0.25) is 0 Å². The Bertz CT molecular complexity index is 350. The SMILES string of the molecule is CCOC(=O)Cc1cc(OC)cc(C)n1. The van der Waals surface area contributed by atoms with E-state index in [0.29, 0.717) is 18.1 Å². The minimum atomic E-state index is -0.266. The second-order valence-corrected chi connectivity index (χ2v) is 3.12. The number of rotatable bonds is 4. The molecular formula is C11H15NO3. The van der Waals surface area contributed by atoms with Crippen LogP contribution in [-0.4, -0.2) is 24.7 Å². The Morgan fingerprint density at radius 2 is 2.20 bits per heavy atom. The van der Waals surface area contributed by atoms with Crippen LogP contribution in [-0.2, 0) is 16.0 Å². The van der Waals surface area contributed by atoms with Gasteiger partial charge in [-0.15, -0.1) is 0 Å². The van der Waals surface area contributed by atoms with E-state index >= 15 is 0 Å². The number of esters is 1. The van der Waals surface area contributed by atoms with Gasteiger partial charge in [-0.1, -0.05) is 0 Å². The number of ether oxygens (including phenoxy) is 2. The lowest BCUT2D eigenvalue weighted by Gasteiger charge is -2.05. The molecule has 0 saturated carbocycles. The van der Waals surface area contributed by atoms with E-state index < -0.39 is 0 Å². The second kappa shape index (κ2) is 5.34. The summed E-state index contributed by atoms with van der Waals surface area (Å²) in [4.78, 5) is 15.4. The highest BCUT2D eigenvalue weighted by atomic mass is 16.5. The predicted molar refractivity (Wildman–Crippen MR) is 55.9 cm³/mol. The zero-order valence-corrected chi connectivity index (χ0v) is 9.24. The van der Waals surface area contributed by atoms with E-state index in [1.807, 2.05) is 13.0 Å². The average Bonchev–Trinajstić information content (AvgIpc) is 2.17. The minimum absolute atomic E-state index is 0.186. The van der Waals surface area contributed by atoms with Crippen molar-refractivity contribution >= 4 is 5.97 Å². The third-order valence-corrected chi connectivity index (χ3v) is 1.85. The molecule has 0 radical (unpaired) electrons. The Balaban J connectivity index is 2.76. The highest BCUT2D eigenvalue weighted by Gasteiger charge is 2.07. The maximum absolute atomic E-state index is 11.2. The Labute approximate surface area is 89.2 Å². The third-order valence-electron chi connectivity index (χ3n) is 1.85. The van der Waals surface area contributed by atoms with Gasteiger partial charge in [0.15, 0.2) is 0 Å². The zero-order chi connectivity index (χ0) is 11.3. The van der Waals surface area contributed by atoms with Gasteiger partial charge in [0.25, 0.3) is 0 Å². The van der Waals surface area contributed by atoms with Gasteiger partial charge in [0.2, 0.25) is 0 Å². The van der Waals surface area contributed by atoms with Gasteiger partial charge >= 0.3 is 5.97 Å². The topological polar surface area (TPSA) is 48.4 Å². The van der Waals surface area contributed by atoms with Gasteiger partial charge in [-0.25, -0.2) is 0 Å². The van der Waals surface area contributed by atoms with E-state index in [4.69, 9.17) is 9.47 Å². The molecule has 0 N–H and O–H groups in total. The van der Waals surface area contributed by atoms with E-state index in [2.05, 4.69) is 4.98 Å². The van der Waals surface area contributed by atoms with E-state index in [1.54, 1.807) is 20.1 Å². The monoisotopic (exact) mass is 209 g/mol. The first-order valence-electron chi connectivity index (χ1n) is 4.83. The maximum Gasteiger partial charge on any atom is 0.311 e. The molecule has 0 saturated heterocycles. The molecule has 0 aliphatic carbocycles. The number of hydrogen-bond acceptors (Lipinski definition) is 4. The molecule has 1 heterocycles. The highest BCUT2D eigenvalue weighted by Crippen LogP contribution is 2.13. The lowest BCUT2D eigenvalue weighted by atomic mass is 10.2. The fraction of sp³-hybridized carbons (Fsp3) is 0.455. The summed E-state index contributed by atoms with van der Waals surface area (Å²) in [5, 5.41) is 0. The van der Waals surface area contributed by atoms with Crippen molar-refractivity contribution in [2.24, 2.45) is 0 Å². The minimum Gasteiger partial charge on any atom is -0.497 e. The first kappa shape index (κ1) is 11.5. The lowest BCUT2D eigenvalue weighted by molar-refractivity contribution is -0.142. The average molecular weight is 209 g/mol. The van der Waals surface area contributed by atoms with Crippen molar-refractivity contribution in [3.05, 3.63) is 23.5 Å². The van der Waals surface area contributed by atoms with E-state index in [-0.39, 0.29) is 12.4 Å². The summed E-state index contributed by atoms with van der Waals surface area (Å²) in [5.74, 6) is 0.444. The molecule has 0 aromatic carbocycles. The summed E-state index contributed by atoms with van der Waals surface area (Å²) in [6, 6.07) is 3.55. The van der Waals surface area contributed by atoms with Crippen molar-refractivity contribution in [3.63, 3.8) is 0 Å². The Morgan fingerprint density at radius 3 is 2.80 bits per heavy atom. The molecule has 4 heteroatoms. The quantitative estimate of drug-likeness (QED) is 0.705. The number of carbonyl (C=O) groups is 1. The molecule has 4 nitrogen and oxygen atoms in total. The molecule has 0 bridgehead atoms. The van der Waals surface area contributed by atoms with Crippen LogP contribution in [0.4, 0.5) is 0 Å². The molecule has 0 unspecified atom stereocenters. The molecule has 1 aromatic heterocycles. The molecule has 1 rings (SSSR count). The van der Waals surface area contributed by atoms with Gasteiger partial charge in [0.05, 0.1) is 25.8 Å². The standard InChI is InChI=1S/C11H15NO3/c1-4-15-11(13)7-9-6-10(14-3)5-8(2)12-9/h5-6H,4,7H2,1-3H3. The van der Waals surface area contributed by atoms with Crippen LogP contribution in [0.25, 0.3) is 0 Å². The number of carbonyl (C=O) groups excluding carboxylic acids is 1. The van der Waals surface area contributed by atoms with E-state index in [0.717, 1.165) is 5.69 Å². The van der Waals surface area contributed by atoms with Crippen molar-refractivity contribution in [2.75, 3.05) is 13.7 Å². The first-order chi connectivity index (χ1) is 7.15. The number of pyridine rings is 1. The van der Waals surface area contributed by atoms with E-state index in [1.165, 1.54) is 0 Å². The normalized spacial score (nSPS) is 9.80. The first-order valence-corrected chi connectivity index (χ1v) is 4.83. The van der Waals surface area contributed by atoms with Crippen LogP contribution in [0, 0.1) is 6.92 Å². The van der Waals surface area contributed by atoms with Crippen molar-refractivity contribution in [1.82, 2.24) is 4.98 Å². The summed E-state index contributed by atoms with van der Waals surface area (Å²) in [7, 11) is 1.59. The smallest absolute Gasteiger partial charge is 0.311 e. The molecule has 0 aliphatic heterocycles. The number of methoxy groups -OCH3 is 1. The maximum atomic E-state index is 11.2. The van der Waals surface area contributed by atoms with Crippen LogP contribution >= 0.6 is 0 Å². The lowest BCUT2D eigenvalue weighted by Crippen LogP contribution is -2.09. The number of aromatic nitrogens is 1. The molecule has 1 aromatic rings. The molecule has 0 fully saturated rings. The van der Waals surface area contributed by atoms with Gasteiger partial charge in [-0.2, -0.15) is 0 Å². The Hall–Kier alpha value is -1.58. The Kier molecular flexibility index (Phi) is 4.09. The Morgan fingerprint density at radius 1 is 1.47 bits per heavy atom. The molecule has 0 atom stereocenters. The third kappa shape index (κ3) is 3.58. The predicted octanol–water partition coefficient (Wildman–Crippen LogP) is 1.50. The van der Waals surface area contributed by atoms with Crippen LogP contribution in [0.3, 0.4) is 0 Å². The van der Waals surface area contributed by atoms with Crippen LogP contribution < -0.4 is 4.74 Å². The number of nitrogens with zero attached hydrogens (tertiary/aromatic N) is 1. The highest BCUT2D eigenvalue weighted by molar-refractivity contribution is 5.72. The van der Waals surface area contributed by atoms with Gasteiger partial charge < -0.3 is 9.47 Å². The molecule has 0 spiro atoms. The summed E-state index contributed by atoms with van der Waals surface area (Å²) in [6.45, 7) is 4.03.